The molecule has 2 nitrogen and oxygen atoms in total. The molecule has 0 spiro atoms. The Bertz CT molecular complexity index is 520. The number of hydrogen-bond donors (Lipinski definition) is 1. The molecule has 80 valence electrons. The molecule has 0 atom stereocenters. The summed E-state index contributed by atoms with van der Waals surface area (Å²) >= 11 is 8.42. The van der Waals surface area contributed by atoms with Crippen LogP contribution in [0.3, 0.4) is 0 Å². The average molecular weight is 299 g/mol. The van der Waals surface area contributed by atoms with Gasteiger partial charge in [-0.3, -0.25) is 0 Å². The molecule has 0 aliphatic rings. The molecule has 0 aliphatic carbocycles. The smallest absolute Gasteiger partial charge is 0.329 e. The topological polar surface area (TPSA) is 28.7 Å². The molecule has 0 unspecified atom stereocenters. The Morgan fingerprint density at radius 2 is 2.00 bits per heavy atom. The molecule has 0 saturated carbocycles. The van der Waals surface area contributed by atoms with Crippen LogP contribution in [-0.4, -0.2) is 9.97 Å². The molecule has 0 radical (unpaired) electrons. The van der Waals surface area contributed by atoms with Crippen molar-refractivity contribution >= 4 is 38.6 Å². The number of nitrogens with zero attached hydrogens (tertiary/aromatic N) is 1. The molecule has 0 amide bonds. The maximum atomic E-state index is 12.5. The maximum absolute atomic E-state index is 12.5. The fraction of sp³-hybridized carbons (Fsp3) is 0.125. The number of H-pyrrole nitrogens is 1. The van der Waals surface area contributed by atoms with E-state index < -0.39 is 11.7 Å². The number of halogens is 5. The fourth-order valence-electron chi connectivity index (χ4n) is 1.23. The largest absolute Gasteiger partial charge is 0.417 e. The first kappa shape index (κ1) is 10.8. The summed E-state index contributed by atoms with van der Waals surface area (Å²) in [6.07, 6.45) is -4.40. The average Bonchev–Trinajstić information content (AvgIpc) is 2.44. The number of benzene rings is 1. The molecule has 0 bridgehead atoms. The molecule has 7 heteroatoms. The second-order valence-electron chi connectivity index (χ2n) is 2.85. The first-order valence-electron chi connectivity index (χ1n) is 3.80. The third-order valence-corrected chi connectivity index (χ3v) is 2.85. The molecular weight excluding hydrogens is 296 g/mol. The van der Waals surface area contributed by atoms with Crippen molar-refractivity contribution in [3.8, 4) is 0 Å². The lowest BCUT2D eigenvalue weighted by Crippen LogP contribution is -2.05. The predicted octanol–water partition coefficient (Wildman–Crippen LogP) is 4.00. The van der Waals surface area contributed by atoms with Crippen LogP contribution in [0.2, 0.25) is 5.28 Å². The summed E-state index contributed by atoms with van der Waals surface area (Å²) in [6, 6.07) is 2.27. The van der Waals surface area contributed by atoms with Crippen LogP contribution in [0.25, 0.3) is 11.0 Å². The van der Waals surface area contributed by atoms with Crippen LogP contribution in [0, 0.1) is 0 Å². The van der Waals surface area contributed by atoms with Crippen molar-refractivity contribution in [2.45, 2.75) is 6.18 Å². The number of aromatic amines is 1. The number of hydrogen-bond acceptors (Lipinski definition) is 1. The van der Waals surface area contributed by atoms with E-state index in [0.29, 0.717) is 5.52 Å². The van der Waals surface area contributed by atoms with Crippen molar-refractivity contribution in [2.75, 3.05) is 0 Å². The number of fused-ring (bicyclic) bond motifs is 1. The number of nitrogens with one attached hydrogen (secondary N) is 1. The zero-order valence-electron chi connectivity index (χ0n) is 6.99. The maximum Gasteiger partial charge on any atom is 0.417 e. The van der Waals surface area contributed by atoms with E-state index in [1.54, 1.807) is 0 Å². The van der Waals surface area contributed by atoms with Crippen LogP contribution in [0.1, 0.15) is 5.56 Å². The Hall–Kier alpha value is -0.750. The third kappa shape index (κ3) is 1.83. The second kappa shape index (κ2) is 3.38. The SMILES string of the molecule is FC(F)(F)c1ccc2[nH]c(Cl)nc2c1Br. The van der Waals surface area contributed by atoms with Crippen molar-refractivity contribution in [2.24, 2.45) is 0 Å². The van der Waals surface area contributed by atoms with Crippen LogP contribution in [0.4, 0.5) is 13.2 Å². The summed E-state index contributed by atoms with van der Waals surface area (Å²) in [6.45, 7) is 0. The van der Waals surface area contributed by atoms with E-state index in [0.717, 1.165) is 6.07 Å². The van der Waals surface area contributed by atoms with Gasteiger partial charge in [0.25, 0.3) is 0 Å². The van der Waals surface area contributed by atoms with E-state index in [-0.39, 0.29) is 15.3 Å². The third-order valence-electron chi connectivity index (χ3n) is 1.87. The van der Waals surface area contributed by atoms with Crippen LogP contribution >= 0.6 is 27.5 Å². The number of imidazole rings is 1. The molecule has 2 aromatic rings. The van der Waals surface area contributed by atoms with E-state index in [1.807, 2.05) is 0 Å². The second-order valence-corrected chi connectivity index (χ2v) is 4.00. The highest BCUT2D eigenvalue weighted by molar-refractivity contribution is 9.10. The highest BCUT2D eigenvalue weighted by atomic mass is 79.9. The Morgan fingerprint density at radius 3 is 2.60 bits per heavy atom. The van der Waals surface area contributed by atoms with E-state index in [2.05, 4.69) is 25.9 Å². The summed E-state index contributed by atoms with van der Waals surface area (Å²) < 4.78 is 37.3. The Balaban J connectivity index is 2.75. The van der Waals surface area contributed by atoms with Gasteiger partial charge in [0.05, 0.1) is 15.6 Å². The predicted molar refractivity (Wildman–Crippen MR) is 53.8 cm³/mol. The van der Waals surface area contributed by atoms with Crippen LogP contribution < -0.4 is 0 Å². The normalized spacial score (nSPS) is 12.3. The number of rotatable bonds is 0. The lowest BCUT2D eigenvalue weighted by molar-refractivity contribution is -0.138. The molecule has 0 saturated heterocycles. The lowest BCUT2D eigenvalue weighted by atomic mass is 10.2. The van der Waals surface area contributed by atoms with Gasteiger partial charge in [-0.2, -0.15) is 13.2 Å². The monoisotopic (exact) mass is 298 g/mol. The minimum absolute atomic E-state index is 0.0602. The van der Waals surface area contributed by atoms with E-state index in [9.17, 15) is 13.2 Å². The zero-order valence-corrected chi connectivity index (χ0v) is 9.33. The van der Waals surface area contributed by atoms with E-state index in [4.69, 9.17) is 11.6 Å². The van der Waals surface area contributed by atoms with Gasteiger partial charge in [-0.25, -0.2) is 4.98 Å². The Labute approximate surface area is 95.6 Å². The molecule has 2 rings (SSSR count). The van der Waals surface area contributed by atoms with Crippen molar-refractivity contribution in [3.05, 3.63) is 27.5 Å². The summed E-state index contributed by atoms with van der Waals surface area (Å²) in [5, 5.41) is 0.0602. The van der Waals surface area contributed by atoms with Gasteiger partial charge in [-0.15, -0.1) is 0 Å². The minimum Gasteiger partial charge on any atom is -0.329 e. The molecular formula is C8H3BrClF3N2. The van der Waals surface area contributed by atoms with Gasteiger partial charge in [-0.05, 0) is 39.7 Å². The molecule has 1 aromatic heterocycles. The lowest BCUT2D eigenvalue weighted by Gasteiger charge is -2.08. The summed E-state index contributed by atoms with van der Waals surface area (Å²) in [5.74, 6) is 0. The molecule has 0 aliphatic heterocycles. The van der Waals surface area contributed by atoms with Crippen molar-refractivity contribution in [3.63, 3.8) is 0 Å². The minimum atomic E-state index is -4.40. The van der Waals surface area contributed by atoms with Crippen molar-refractivity contribution in [1.82, 2.24) is 9.97 Å². The highest BCUT2D eigenvalue weighted by Gasteiger charge is 2.34. The van der Waals surface area contributed by atoms with Gasteiger partial charge in [0.15, 0.2) is 0 Å². The fourth-order valence-corrected chi connectivity index (χ4v) is 2.08. The Kier molecular flexibility index (Phi) is 2.42. The summed E-state index contributed by atoms with van der Waals surface area (Å²) in [5.41, 5.74) is -0.132. The first-order valence-corrected chi connectivity index (χ1v) is 4.97. The molecule has 1 aromatic carbocycles. The van der Waals surface area contributed by atoms with Gasteiger partial charge in [0, 0.05) is 0 Å². The molecule has 1 N–H and O–H groups in total. The zero-order chi connectivity index (χ0) is 11.2. The van der Waals surface area contributed by atoms with E-state index >= 15 is 0 Å². The van der Waals surface area contributed by atoms with Crippen LogP contribution in [0.15, 0.2) is 16.6 Å². The molecule has 15 heavy (non-hydrogen) atoms. The standard InChI is InChI=1S/C8H3BrClF3N2/c9-5-3(8(11,12)13)1-2-4-6(5)15-7(10)14-4/h1-2H,(H,14,15). The Morgan fingerprint density at radius 1 is 1.33 bits per heavy atom. The van der Waals surface area contributed by atoms with Gasteiger partial charge in [0.2, 0.25) is 5.28 Å². The van der Waals surface area contributed by atoms with Crippen molar-refractivity contribution in [1.29, 1.82) is 0 Å². The van der Waals surface area contributed by atoms with Crippen LogP contribution in [-0.2, 0) is 6.18 Å². The highest BCUT2D eigenvalue weighted by Crippen LogP contribution is 2.38. The van der Waals surface area contributed by atoms with Gasteiger partial charge < -0.3 is 4.98 Å². The van der Waals surface area contributed by atoms with E-state index in [1.165, 1.54) is 6.07 Å². The van der Waals surface area contributed by atoms with Crippen LogP contribution in [0.5, 0.6) is 0 Å². The van der Waals surface area contributed by atoms with Crippen molar-refractivity contribution < 1.29 is 13.2 Å². The number of aromatic nitrogens is 2. The quantitative estimate of drug-likeness (QED) is 0.782. The summed E-state index contributed by atoms with van der Waals surface area (Å²) in [7, 11) is 0. The number of alkyl halides is 3. The first-order chi connectivity index (χ1) is 6.89. The van der Waals surface area contributed by atoms with Gasteiger partial charge in [-0.1, -0.05) is 0 Å². The summed E-state index contributed by atoms with van der Waals surface area (Å²) in [4.78, 5) is 6.38. The van der Waals surface area contributed by atoms with Gasteiger partial charge >= 0.3 is 6.18 Å². The molecule has 0 fully saturated rings. The van der Waals surface area contributed by atoms with Gasteiger partial charge in [0.1, 0.15) is 5.52 Å². The molecule has 1 heterocycles.